The van der Waals surface area contributed by atoms with Gasteiger partial charge in [-0.15, -0.1) is 0 Å². The van der Waals surface area contributed by atoms with Gasteiger partial charge in [-0.05, 0) is 23.8 Å². The Kier molecular flexibility index (Phi) is 5.81. The highest BCUT2D eigenvalue weighted by Crippen LogP contribution is 2.40. The van der Waals surface area contributed by atoms with E-state index in [4.69, 9.17) is 23.2 Å². The number of anilines is 1. The molecule has 0 saturated heterocycles. The summed E-state index contributed by atoms with van der Waals surface area (Å²) in [6.07, 6.45) is -0.158. The summed E-state index contributed by atoms with van der Waals surface area (Å²) in [6, 6.07) is 5.00. The molecule has 2 atom stereocenters. The van der Waals surface area contributed by atoms with Crippen LogP contribution >= 0.6 is 23.2 Å². The van der Waals surface area contributed by atoms with Crippen LogP contribution in [0.3, 0.4) is 0 Å². The maximum Gasteiger partial charge on any atom is 0.326 e. The van der Waals surface area contributed by atoms with E-state index in [1.165, 1.54) is 18.2 Å². The number of hydrogen-bond donors (Lipinski definition) is 4. The third-order valence-electron chi connectivity index (χ3n) is 4.48. The number of halogens is 2. The van der Waals surface area contributed by atoms with Crippen molar-refractivity contribution in [3.8, 4) is 5.75 Å². The second kappa shape index (κ2) is 8.14. The van der Waals surface area contributed by atoms with Gasteiger partial charge >= 0.3 is 11.7 Å². The van der Waals surface area contributed by atoms with Gasteiger partial charge in [0, 0.05) is 33.8 Å². The number of benzene rings is 2. The number of amides is 1. The lowest BCUT2D eigenvalue weighted by Gasteiger charge is -2.32. The predicted molar refractivity (Wildman–Crippen MR) is 105 cm³/mol. The topological polar surface area (TPSA) is 142 Å². The lowest BCUT2D eigenvalue weighted by molar-refractivity contribution is -0.385. The molecule has 152 valence electrons. The normalized spacial score (nSPS) is 17.7. The summed E-state index contributed by atoms with van der Waals surface area (Å²) in [7, 11) is 0. The van der Waals surface area contributed by atoms with Crippen LogP contribution in [-0.4, -0.2) is 33.1 Å². The zero-order valence-electron chi connectivity index (χ0n) is 14.7. The second-order valence-electron chi connectivity index (χ2n) is 6.50. The molecule has 9 nitrogen and oxygen atoms in total. The lowest BCUT2D eigenvalue weighted by Crippen LogP contribution is -2.41. The van der Waals surface area contributed by atoms with Gasteiger partial charge in [-0.25, -0.2) is 4.79 Å². The third kappa shape index (κ3) is 4.52. The summed E-state index contributed by atoms with van der Waals surface area (Å²) in [5.41, 5.74) is 0.731. The summed E-state index contributed by atoms with van der Waals surface area (Å²) in [4.78, 5) is 34.2. The van der Waals surface area contributed by atoms with Crippen LogP contribution in [0.25, 0.3) is 0 Å². The van der Waals surface area contributed by atoms with E-state index in [1.54, 1.807) is 0 Å². The molecule has 1 heterocycles. The summed E-state index contributed by atoms with van der Waals surface area (Å²) >= 11 is 12.2. The number of carbonyl (C=O) groups is 2. The van der Waals surface area contributed by atoms with Gasteiger partial charge in [0.1, 0.15) is 6.04 Å². The average Bonchev–Trinajstić information content (AvgIpc) is 2.62. The Morgan fingerprint density at radius 2 is 2.00 bits per heavy atom. The highest BCUT2D eigenvalue weighted by molar-refractivity contribution is 6.35. The Hall–Kier alpha value is -3.04. The Morgan fingerprint density at radius 1 is 1.28 bits per heavy atom. The molecule has 1 amide bonds. The molecule has 3 rings (SSSR count). The van der Waals surface area contributed by atoms with Crippen LogP contribution < -0.4 is 10.6 Å². The van der Waals surface area contributed by atoms with Crippen LogP contribution in [0.5, 0.6) is 5.75 Å². The molecule has 11 heteroatoms. The third-order valence-corrected chi connectivity index (χ3v) is 5.01. The molecule has 0 spiro atoms. The molecule has 4 N–H and O–H groups in total. The first-order valence-electron chi connectivity index (χ1n) is 8.39. The van der Waals surface area contributed by atoms with Crippen LogP contribution in [0.15, 0.2) is 30.3 Å². The smallest absolute Gasteiger partial charge is 0.326 e. The number of nitrogens with zero attached hydrogens (tertiary/aromatic N) is 1. The molecule has 0 unspecified atom stereocenters. The molecular formula is C18H15Cl2N3O6. The van der Waals surface area contributed by atoms with Crippen molar-refractivity contribution in [2.45, 2.75) is 24.9 Å². The van der Waals surface area contributed by atoms with Gasteiger partial charge in [-0.2, -0.15) is 0 Å². The molecule has 0 bridgehead atoms. The quantitative estimate of drug-likeness (QED) is 0.413. The molecule has 0 radical (unpaired) electrons. The van der Waals surface area contributed by atoms with E-state index in [-0.39, 0.29) is 17.9 Å². The first-order valence-corrected chi connectivity index (χ1v) is 9.15. The molecule has 1 aliphatic rings. The Morgan fingerprint density at radius 3 is 2.66 bits per heavy atom. The number of rotatable bonds is 5. The van der Waals surface area contributed by atoms with Crippen molar-refractivity contribution in [1.29, 1.82) is 0 Å². The van der Waals surface area contributed by atoms with E-state index < -0.39 is 40.3 Å². The molecule has 0 fully saturated rings. The molecule has 0 aromatic heterocycles. The zero-order valence-corrected chi connectivity index (χ0v) is 16.2. The lowest BCUT2D eigenvalue weighted by atomic mass is 9.92. The Balaban J connectivity index is 1.84. The standard InChI is InChI=1S/C18H15Cl2N3O6/c19-9-5-10(20)17-11(6-9)21-13(18(26)27)7-12(17)22-16(25)4-8-1-2-15(24)14(3-8)23(28)29/h1-3,5-6,12-13,21,24H,4,7H2,(H,22,25)(H,26,27)/t12-,13+/m0/s1. The maximum absolute atomic E-state index is 12.5. The van der Waals surface area contributed by atoms with Crippen molar-refractivity contribution < 1.29 is 24.7 Å². The van der Waals surface area contributed by atoms with Crippen LogP contribution in [0.2, 0.25) is 10.0 Å². The van der Waals surface area contributed by atoms with Gasteiger partial charge in [-0.1, -0.05) is 29.3 Å². The number of phenolic OH excluding ortho intramolecular Hbond substituents is 1. The maximum atomic E-state index is 12.5. The number of nitro benzene ring substituents is 1. The van der Waals surface area contributed by atoms with Crippen LogP contribution in [0.4, 0.5) is 11.4 Å². The van der Waals surface area contributed by atoms with Crippen LogP contribution in [-0.2, 0) is 16.0 Å². The number of fused-ring (bicyclic) bond motifs is 1. The SMILES string of the molecule is O=C(Cc1ccc(O)c([N+](=O)[O-])c1)N[C@H]1C[C@H](C(=O)O)Nc2cc(Cl)cc(Cl)c21. The molecule has 1 aliphatic heterocycles. The van der Waals surface area contributed by atoms with Gasteiger partial charge in [0.2, 0.25) is 5.91 Å². The summed E-state index contributed by atoms with van der Waals surface area (Å²) in [5, 5.41) is 36.0. The van der Waals surface area contributed by atoms with Crippen molar-refractivity contribution in [1.82, 2.24) is 5.32 Å². The summed E-state index contributed by atoms with van der Waals surface area (Å²) in [5.74, 6) is -2.09. The number of carboxylic acids is 1. The predicted octanol–water partition coefficient (Wildman–Crippen LogP) is 3.28. The van der Waals surface area contributed by atoms with E-state index in [0.717, 1.165) is 12.1 Å². The van der Waals surface area contributed by atoms with Crippen LogP contribution in [0.1, 0.15) is 23.6 Å². The van der Waals surface area contributed by atoms with Gasteiger partial charge in [0.25, 0.3) is 0 Å². The zero-order chi connectivity index (χ0) is 21.3. The average molecular weight is 440 g/mol. The fourth-order valence-corrected chi connectivity index (χ4v) is 3.83. The Bertz CT molecular complexity index is 1010. The first-order chi connectivity index (χ1) is 13.7. The molecule has 0 saturated carbocycles. The van der Waals surface area contributed by atoms with E-state index in [2.05, 4.69) is 10.6 Å². The second-order valence-corrected chi connectivity index (χ2v) is 7.34. The van der Waals surface area contributed by atoms with Gasteiger partial charge in [0.15, 0.2) is 5.75 Å². The summed E-state index contributed by atoms with van der Waals surface area (Å²) < 4.78 is 0. The minimum absolute atomic E-state index is 0.0468. The fraction of sp³-hybridized carbons (Fsp3) is 0.222. The van der Waals surface area contributed by atoms with Crippen molar-refractivity contribution in [2.75, 3.05) is 5.32 Å². The van der Waals surface area contributed by atoms with E-state index in [9.17, 15) is 29.9 Å². The van der Waals surface area contributed by atoms with Crippen molar-refractivity contribution in [2.24, 2.45) is 0 Å². The molecular weight excluding hydrogens is 425 g/mol. The van der Waals surface area contributed by atoms with Crippen molar-refractivity contribution in [3.63, 3.8) is 0 Å². The molecule has 2 aromatic carbocycles. The number of carboxylic acid groups (broad SMARTS) is 1. The molecule has 0 aliphatic carbocycles. The molecule has 2 aromatic rings. The number of carbonyl (C=O) groups excluding carboxylic acids is 1. The van der Waals surface area contributed by atoms with Crippen LogP contribution in [0, 0.1) is 10.1 Å². The largest absolute Gasteiger partial charge is 0.502 e. The number of nitrogens with one attached hydrogen (secondary N) is 2. The monoisotopic (exact) mass is 439 g/mol. The number of phenols is 1. The fourth-order valence-electron chi connectivity index (χ4n) is 3.21. The Labute approximate surface area is 174 Å². The van der Waals surface area contributed by atoms with Gasteiger partial charge in [0.05, 0.1) is 17.4 Å². The highest BCUT2D eigenvalue weighted by Gasteiger charge is 2.33. The van der Waals surface area contributed by atoms with E-state index in [0.29, 0.717) is 21.8 Å². The van der Waals surface area contributed by atoms with Gasteiger partial charge < -0.3 is 20.8 Å². The molecule has 29 heavy (non-hydrogen) atoms. The number of hydrogen-bond acceptors (Lipinski definition) is 6. The van der Waals surface area contributed by atoms with E-state index >= 15 is 0 Å². The van der Waals surface area contributed by atoms with Crippen molar-refractivity contribution in [3.05, 3.63) is 61.6 Å². The van der Waals surface area contributed by atoms with Crippen molar-refractivity contribution >= 4 is 46.5 Å². The minimum Gasteiger partial charge on any atom is -0.502 e. The number of nitro groups is 1. The number of aliphatic carboxylic acids is 1. The van der Waals surface area contributed by atoms with E-state index in [1.807, 2.05) is 0 Å². The number of aromatic hydroxyl groups is 1. The first kappa shape index (κ1) is 20.7. The highest BCUT2D eigenvalue weighted by atomic mass is 35.5. The minimum atomic E-state index is -1.10. The summed E-state index contributed by atoms with van der Waals surface area (Å²) in [6.45, 7) is 0. The van der Waals surface area contributed by atoms with Gasteiger partial charge in [-0.3, -0.25) is 14.9 Å².